The number of hydrogen-bond acceptors (Lipinski definition) is 3. The second kappa shape index (κ2) is 4.28. The van der Waals surface area contributed by atoms with Crippen molar-refractivity contribution in [3.05, 3.63) is 23.8 Å². The number of benzene rings is 1. The molecule has 92 valence electrons. The topological polar surface area (TPSA) is 55.8 Å². The van der Waals surface area contributed by atoms with Gasteiger partial charge in [-0.3, -0.25) is 4.79 Å². The number of para-hydroxylation sites is 1. The normalized spacial score (nSPS) is 14.5. The van der Waals surface area contributed by atoms with Crippen LogP contribution >= 0.6 is 0 Å². The van der Waals surface area contributed by atoms with Crippen LogP contribution in [0.4, 0.5) is 0 Å². The zero-order valence-electron chi connectivity index (χ0n) is 10.0. The van der Waals surface area contributed by atoms with Gasteiger partial charge in [0.1, 0.15) is 13.2 Å². The number of aliphatic carboxylic acids is 1. The van der Waals surface area contributed by atoms with Crippen molar-refractivity contribution in [2.24, 2.45) is 0 Å². The second-order valence-corrected chi connectivity index (χ2v) is 4.78. The first kappa shape index (κ1) is 11.8. The minimum Gasteiger partial charge on any atom is -0.486 e. The lowest BCUT2D eigenvalue weighted by Crippen LogP contribution is -2.25. The van der Waals surface area contributed by atoms with Gasteiger partial charge in [0.2, 0.25) is 0 Å². The number of carbonyl (C=O) groups is 1. The zero-order valence-corrected chi connectivity index (χ0v) is 10.0. The lowest BCUT2D eigenvalue weighted by molar-refractivity contribution is -0.138. The zero-order chi connectivity index (χ0) is 12.5. The van der Waals surface area contributed by atoms with Gasteiger partial charge in [0.25, 0.3) is 0 Å². The molecule has 0 spiro atoms. The number of carboxylic acid groups (broad SMARTS) is 1. The minimum absolute atomic E-state index is 0.0623. The molecule has 4 heteroatoms. The van der Waals surface area contributed by atoms with Crippen LogP contribution < -0.4 is 9.47 Å². The molecule has 0 saturated carbocycles. The second-order valence-electron chi connectivity index (χ2n) is 4.78. The molecule has 0 saturated heterocycles. The van der Waals surface area contributed by atoms with E-state index in [9.17, 15) is 4.79 Å². The van der Waals surface area contributed by atoms with E-state index in [0.717, 1.165) is 5.56 Å². The highest BCUT2D eigenvalue weighted by atomic mass is 16.6. The summed E-state index contributed by atoms with van der Waals surface area (Å²) in [7, 11) is 0. The number of rotatable bonds is 3. The van der Waals surface area contributed by atoms with Crippen LogP contribution in [0.25, 0.3) is 0 Å². The van der Waals surface area contributed by atoms with Gasteiger partial charge in [0, 0.05) is 11.0 Å². The Kier molecular flexibility index (Phi) is 2.96. The quantitative estimate of drug-likeness (QED) is 0.874. The highest BCUT2D eigenvalue weighted by molar-refractivity contribution is 5.69. The molecule has 0 fully saturated rings. The Morgan fingerprint density at radius 1 is 1.35 bits per heavy atom. The van der Waals surface area contributed by atoms with Gasteiger partial charge in [-0.2, -0.15) is 0 Å². The molecule has 1 N–H and O–H groups in total. The van der Waals surface area contributed by atoms with Crippen molar-refractivity contribution in [2.75, 3.05) is 13.2 Å². The Labute approximate surface area is 100 Å². The molecule has 0 unspecified atom stereocenters. The summed E-state index contributed by atoms with van der Waals surface area (Å²) in [6.07, 6.45) is 0.0623. The van der Waals surface area contributed by atoms with Gasteiger partial charge in [-0.25, -0.2) is 0 Å². The molecule has 0 aromatic heterocycles. The summed E-state index contributed by atoms with van der Waals surface area (Å²) in [6, 6.07) is 5.61. The first-order valence-corrected chi connectivity index (χ1v) is 5.61. The summed E-state index contributed by atoms with van der Waals surface area (Å²) in [6.45, 7) is 4.84. The fourth-order valence-electron chi connectivity index (χ4n) is 2.08. The van der Waals surface area contributed by atoms with E-state index in [-0.39, 0.29) is 6.42 Å². The lowest BCUT2D eigenvalue weighted by atomic mass is 9.81. The monoisotopic (exact) mass is 236 g/mol. The fourth-order valence-corrected chi connectivity index (χ4v) is 2.08. The molecule has 1 aliphatic rings. The smallest absolute Gasteiger partial charge is 0.304 e. The van der Waals surface area contributed by atoms with Crippen LogP contribution in [0, 0.1) is 0 Å². The van der Waals surface area contributed by atoms with Crippen molar-refractivity contribution in [3.63, 3.8) is 0 Å². The Hall–Kier alpha value is -1.71. The standard InChI is InChI=1S/C13H16O4/c1-13(2,8-11(14)15)9-4-3-5-10-12(9)17-7-6-16-10/h3-5H,6-8H2,1-2H3,(H,14,15). The van der Waals surface area contributed by atoms with Crippen molar-refractivity contribution < 1.29 is 19.4 Å². The van der Waals surface area contributed by atoms with Crippen molar-refractivity contribution in [3.8, 4) is 11.5 Å². The Bertz CT molecular complexity index is 437. The largest absolute Gasteiger partial charge is 0.486 e. The predicted octanol–water partition coefficient (Wildman–Crippen LogP) is 2.21. The molecule has 0 bridgehead atoms. The van der Waals surface area contributed by atoms with Crippen molar-refractivity contribution in [1.82, 2.24) is 0 Å². The summed E-state index contributed by atoms with van der Waals surface area (Å²) in [5.41, 5.74) is 0.412. The van der Waals surface area contributed by atoms with E-state index in [1.165, 1.54) is 0 Å². The summed E-state index contributed by atoms with van der Waals surface area (Å²) in [5.74, 6) is 0.571. The Morgan fingerprint density at radius 2 is 2.06 bits per heavy atom. The minimum atomic E-state index is -0.815. The van der Waals surface area contributed by atoms with Crippen LogP contribution in [0.2, 0.25) is 0 Å². The molecule has 2 rings (SSSR count). The lowest BCUT2D eigenvalue weighted by Gasteiger charge is -2.29. The van der Waals surface area contributed by atoms with E-state index in [4.69, 9.17) is 14.6 Å². The highest BCUT2D eigenvalue weighted by Gasteiger charge is 2.30. The molecule has 0 aliphatic carbocycles. The van der Waals surface area contributed by atoms with E-state index in [1.807, 2.05) is 32.0 Å². The summed E-state index contributed by atoms with van der Waals surface area (Å²) >= 11 is 0. The van der Waals surface area contributed by atoms with E-state index in [1.54, 1.807) is 0 Å². The van der Waals surface area contributed by atoms with E-state index in [0.29, 0.717) is 24.7 Å². The molecule has 0 atom stereocenters. The SMILES string of the molecule is CC(C)(CC(=O)O)c1cccc2c1OCCO2. The molecule has 1 heterocycles. The van der Waals surface area contributed by atoms with Crippen molar-refractivity contribution >= 4 is 5.97 Å². The third-order valence-electron chi connectivity index (χ3n) is 2.89. The summed E-state index contributed by atoms with van der Waals surface area (Å²) in [5, 5.41) is 8.94. The number of ether oxygens (including phenoxy) is 2. The van der Waals surface area contributed by atoms with E-state index in [2.05, 4.69) is 0 Å². The average Bonchev–Trinajstić information content (AvgIpc) is 2.26. The predicted molar refractivity (Wildman–Crippen MR) is 62.7 cm³/mol. The maximum absolute atomic E-state index is 10.9. The van der Waals surface area contributed by atoms with Gasteiger partial charge in [0.05, 0.1) is 6.42 Å². The molecular weight excluding hydrogens is 220 g/mol. The molecule has 1 aromatic carbocycles. The summed E-state index contributed by atoms with van der Waals surface area (Å²) in [4.78, 5) is 10.9. The van der Waals surface area contributed by atoms with Gasteiger partial charge in [0.15, 0.2) is 11.5 Å². The molecule has 1 aliphatic heterocycles. The summed E-state index contributed by atoms with van der Waals surface area (Å²) < 4.78 is 11.1. The number of hydrogen-bond donors (Lipinski definition) is 1. The van der Waals surface area contributed by atoms with Crippen molar-refractivity contribution in [2.45, 2.75) is 25.7 Å². The van der Waals surface area contributed by atoms with Crippen LogP contribution in [0.5, 0.6) is 11.5 Å². The first-order chi connectivity index (χ1) is 8.00. The Morgan fingerprint density at radius 3 is 2.76 bits per heavy atom. The maximum atomic E-state index is 10.9. The third kappa shape index (κ3) is 2.35. The van der Waals surface area contributed by atoms with Gasteiger partial charge < -0.3 is 14.6 Å². The highest BCUT2D eigenvalue weighted by Crippen LogP contribution is 2.41. The fraction of sp³-hybridized carbons (Fsp3) is 0.462. The van der Waals surface area contributed by atoms with Crippen LogP contribution in [0.15, 0.2) is 18.2 Å². The van der Waals surface area contributed by atoms with Gasteiger partial charge >= 0.3 is 5.97 Å². The molecule has 0 radical (unpaired) electrons. The molecule has 17 heavy (non-hydrogen) atoms. The van der Waals surface area contributed by atoms with Crippen LogP contribution in [-0.4, -0.2) is 24.3 Å². The molecule has 1 aromatic rings. The first-order valence-electron chi connectivity index (χ1n) is 5.61. The third-order valence-corrected chi connectivity index (χ3v) is 2.89. The van der Waals surface area contributed by atoms with Crippen LogP contribution in [0.1, 0.15) is 25.8 Å². The Balaban J connectivity index is 2.41. The number of fused-ring (bicyclic) bond motifs is 1. The molecular formula is C13H16O4. The van der Waals surface area contributed by atoms with E-state index >= 15 is 0 Å². The van der Waals surface area contributed by atoms with E-state index < -0.39 is 11.4 Å². The van der Waals surface area contributed by atoms with Gasteiger partial charge in [-0.05, 0) is 6.07 Å². The maximum Gasteiger partial charge on any atom is 0.304 e. The van der Waals surface area contributed by atoms with Crippen molar-refractivity contribution in [1.29, 1.82) is 0 Å². The average molecular weight is 236 g/mol. The van der Waals surface area contributed by atoms with Crippen LogP contribution in [0.3, 0.4) is 0 Å². The molecule has 0 amide bonds. The molecule has 4 nitrogen and oxygen atoms in total. The number of carboxylic acids is 1. The van der Waals surface area contributed by atoms with Crippen LogP contribution in [-0.2, 0) is 10.2 Å². The van der Waals surface area contributed by atoms with Gasteiger partial charge in [-0.1, -0.05) is 26.0 Å². The van der Waals surface area contributed by atoms with Gasteiger partial charge in [-0.15, -0.1) is 0 Å².